The molecule has 0 bridgehead atoms. The lowest BCUT2D eigenvalue weighted by Crippen LogP contribution is -2.20. The first-order valence-electron chi connectivity index (χ1n) is 6.17. The molecule has 19 heavy (non-hydrogen) atoms. The number of aromatic nitrogens is 6. The molecule has 9 nitrogen and oxygen atoms in total. The van der Waals surface area contributed by atoms with Crippen LogP contribution in [0.2, 0.25) is 0 Å². The molecule has 0 saturated carbocycles. The minimum absolute atomic E-state index is 0.264. The minimum atomic E-state index is 0.264. The molecule has 0 atom stereocenters. The summed E-state index contributed by atoms with van der Waals surface area (Å²) >= 11 is 0. The van der Waals surface area contributed by atoms with Gasteiger partial charge in [0, 0.05) is 19.2 Å². The zero-order valence-electron chi connectivity index (χ0n) is 10.4. The Balaban J connectivity index is 1.73. The summed E-state index contributed by atoms with van der Waals surface area (Å²) in [4.78, 5) is 10.6. The van der Waals surface area contributed by atoms with Gasteiger partial charge in [0.2, 0.25) is 5.95 Å². The summed E-state index contributed by atoms with van der Waals surface area (Å²) in [7, 11) is 0. The molecule has 2 aromatic heterocycles. The Morgan fingerprint density at radius 3 is 2.89 bits per heavy atom. The van der Waals surface area contributed by atoms with Crippen LogP contribution in [0, 0.1) is 0 Å². The molecular weight excluding hydrogens is 246 g/mol. The van der Waals surface area contributed by atoms with E-state index < -0.39 is 0 Å². The van der Waals surface area contributed by atoms with Gasteiger partial charge in [-0.15, -0.1) is 10.2 Å². The Labute approximate surface area is 109 Å². The number of hydrogen-bond donors (Lipinski definition) is 3. The quantitative estimate of drug-likeness (QED) is 0.690. The Kier molecular flexibility index (Phi) is 3.09. The van der Waals surface area contributed by atoms with Crippen molar-refractivity contribution in [1.29, 1.82) is 0 Å². The molecule has 1 aliphatic heterocycles. The molecular formula is C10H15N9. The van der Waals surface area contributed by atoms with Crippen molar-refractivity contribution in [2.75, 3.05) is 29.0 Å². The summed E-state index contributed by atoms with van der Waals surface area (Å²) in [6.45, 7) is 2.47. The van der Waals surface area contributed by atoms with Crippen LogP contribution < -0.4 is 16.0 Å². The number of tetrazole rings is 1. The molecule has 1 fully saturated rings. The second-order valence-electron chi connectivity index (χ2n) is 4.35. The molecule has 1 saturated heterocycles. The van der Waals surface area contributed by atoms with Crippen molar-refractivity contribution in [3.05, 3.63) is 11.9 Å². The van der Waals surface area contributed by atoms with Crippen molar-refractivity contribution in [3.8, 4) is 0 Å². The molecule has 0 aliphatic carbocycles. The highest BCUT2D eigenvalue weighted by molar-refractivity contribution is 5.53. The van der Waals surface area contributed by atoms with Crippen molar-refractivity contribution in [2.45, 2.75) is 19.4 Å². The molecule has 3 heterocycles. The summed E-state index contributed by atoms with van der Waals surface area (Å²) in [6.07, 6.45) is 2.38. The van der Waals surface area contributed by atoms with E-state index in [0.717, 1.165) is 18.9 Å². The minimum Gasteiger partial charge on any atom is -0.368 e. The molecule has 2 aromatic rings. The van der Waals surface area contributed by atoms with E-state index in [0.29, 0.717) is 18.2 Å². The SMILES string of the molecule is Nc1nc(NCc2nn[nH]n2)cc(N2CCCC2)n1. The standard InChI is InChI=1S/C10H15N9/c11-10-13-7(12-6-8-15-17-18-16-8)5-9(14-10)19-3-1-2-4-19/h5H,1-4,6H2,(H3,11,12,13,14)(H,15,16,17,18). The second-order valence-corrected chi connectivity index (χ2v) is 4.35. The Morgan fingerprint density at radius 2 is 2.16 bits per heavy atom. The number of nitrogens with one attached hydrogen (secondary N) is 2. The molecule has 0 aromatic carbocycles. The molecule has 0 unspecified atom stereocenters. The summed E-state index contributed by atoms with van der Waals surface area (Å²) in [5, 5.41) is 16.7. The molecule has 0 spiro atoms. The predicted molar refractivity (Wildman–Crippen MR) is 69.4 cm³/mol. The summed E-state index contributed by atoms with van der Waals surface area (Å²) in [6, 6.07) is 1.89. The maximum absolute atomic E-state index is 5.74. The number of nitrogens with zero attached hydrogens (tertiary/aromatic N) is 6. The number of nitrogen functional groups attached to an aromatic ring is 1. The number of H-pyrrole nitrogens is 1. The zero-order chi connectivity index (χ0) is 13.1. The highest BCUT2D eigenvalue weighted by Gasteiger charge is 2.15. The van der Waals surface area contributed by atoms with E-state index in [1.165, 1.54) is 12.8 Å². The maximum atomic E-state index is 5.74. The molecule has 0 amide bonds. The van der Waals surface area contributed by atoms with Gasteiger partial charge in [-0.1, -0.05) is 5.21 Å². The van der Waals surface area contributed by atoms with Gasteiger partial charge >= 0.3 is 0 Å². The Morgan fingerprint density at radius 1 is 1.32 bits per heavy atom. The third kappa shape index (κ3) is 2.69. The van der Waals surface area contributed by atoms with Crippen LogP contribution in [0.4, 0.5) is 17.6 Å². The van der Waals surface area contributed by atoms with Crippen LogP contribution in [0.25, 0.3) is 0 Å². The molecule has 1 aliphatic rings. The van der Waals surface area contributed by atoms with E-state index in [9.17, 15) is 0 Å². The van der Waals surface area contributed by atoms with Crippen molar-refractivity contribution in [3.63, 3.8) is 0 Å². The molecule has 9 heteroatoms. The monoisotopic (exact) mass is 261 g/mol. The first kappa shape index (κ1) is 11.6. The summed E-state index contributed by atoms with van der Waals surface area (Å²) in [5.74, 6) is 2.36. The van der Waals surface area contributed by atoms with Crippen LogP contribution in [-0.4, -0.2) is 43.7 Å². The van der Waals surface area contributed by atoms with Crippen molar-refractivity contribution in [2.24, 2.45) is 0 Å². The summed E-state index contributed by atoms with van der Waals surface area (Å²) < 4.78 is 0. The van der Waals surface area contributed by atoms with Gasteiger partial charge in [0.05, 0.1) is 6.54 Å². The fourth-order valence-electron chi connectivity index (χ4n) is 2.08. The largest absolute Gasteiger partial charge is 0.368 e. The first-order valence-corrected chi connectivity index (χ1v) is 6.17. The van der Waals surface area contributed by atoms with Gasteiger partial charge in [-0.05, 0) is 12.8 Å². The fraction of sp³-hybridized carbons (Fsp3) is 0.500. The van der Waals surface area contributed by atoms with Crippen LogP contribution in [-0.2, 0) is 6.54 Å². The van der Waals surface area contributed by atoms with Crippen molar-refractivity contribution >= 4 is 17.6 Å². The van der Waals surface area contributed by atoms with Crippen LogP contribution in [0.3, 0.4) is 0 Å². The Bertz CT molecular complexity index is 532. The summed E-state index contributed by atoms with van der Waals surface area (Å²) in [5.41, 5.74) is 5.74. The zero-order valence-corrected chi connectivity index (χ0v) is 10.4. The van der Waals surface area contributed by atoms with Gasteiger partial charge in [0.15, 0.2) is 5.82 Å². The van der Waals surface area contributed by atoms with E-state index >= 15 is 0 Å². The van der Waals surface area contributed by atoms with Gasteiger partial charge in [-0.25, -0.2) is 0 Å². The van der Waals surface area contributed by atoms with Gasteiger partial charge in [-0.3, -0.25) is 0 Å². The van der Waals surface area contributed by atoms with E-state index in [-0.39, 0.29) is 5.95 Å². The van der Waals surface area contributed by atoms with Gasteiger partial charge < -0.3 is 16.0 Å². The number of nitrogens with two attached hydrogens (primary N) is 1. The normalized spacial score (nSPS) is 14.8. The van der Waals surface area contributed by atoms with E-state index in [4.69, 9.17) is 5.73 Å². The fourth-order valence-corrected chi connectivity index (χ4v) is 2.08. The Hall–Kier alpha value is -2.45. The molecule has 4 N–H and O–H groups in total. The molecule has 100 valence electrons. The van der Waals surface area contributed by atoms with E-state index in [2.05, 4.69) is 40.8 Å². The van der Waals surface area contributed by atoms with Crippen LogP contribution in [0.5, 0.6) is 0 Å². The number of hydrogen-bond acceptors (Lipinski definition) is 8. The third-order valence-electron chi connectivity index (χ3n) is 2.98. The maximum Gasteiger partial charge on any atom is 0.223 e. The highest BCUT2D eigenvalue weighted by atomic mass is 15.5. The number of rotatable bonds is 4. The topological polar surface area (TPSA) is 122 Å². The lowest BCUT2D eigenvalue weighted by molar-refractivity contribution is 0.881. The third-order valence-corrected chi connectivity index (χ3v) is 2.98. The smallest absolute Gasteiger partial charge is 0.223 e. The van der Waals surface area contributed by atoms with Gasteiger partial charge in [0.1, 0.15) is 11.6 Å². The first-order chi connectivity index (χ1) is 9.31. The average molecular weight is 261 g/mol. The van der Waals surface area contributed by atoms with E-state index in [1.807, 2.05) is 6.07 Å². The van der Waals surface area contributed by atoms with Crippen LogP contribution >= 0.6 is 0 Å². The van der Waals surface area contributed by atoms with Crippen molar-refractivity contribution < 1.29 is 0 Å². The molecule has 0 radical (unpaired) electrons. The van der Waals surface area contributed by atoms with Crippen molar-refractivity contribution in [1.82, 2.24) is 30.6 Å². The molecule has 3 rings (SSSR count). The number of aromatic amines is 1. The van der Waals surface area contributed by atoms with Gasteiger partial charge in [-0.2, -0.15) is 15.2 Å². The average Bonchev–Trinajstić information content (AvgIpc) is 3.09. The van der Waals surface area contributed by atoms with Gasteiger partial charge in [0.25, 0.3) is 0 Å². The van der Waals surface area contributed by atoms with Crippen LogP contribution in [0.15, 0.2) is 6.07 Å². The lowest BCUT2D eigenvalue weighted by Gasteiger charge is -2.17. The van der Waals surface area contributed by atoms with E-state index in [1.54, 1.807) is 0 Å². The lowest BCUT2D eigenvalue weighted by atomic mass is 10.4. The second kappa shape index (κ2) is 5.04. The van der Waals surface area contributed by atoms with Crippen LogP contribution in [0.1, 0.15) is 18.7 Å². The predicted octanol–water partition coefficient (Wildman–Crippen LogP) is -0.216. The number of anilines is 3. The highest BCUT2D eigenvalue weighted by Crippen LogP contribution is 2.21.